The Labute approximate surface area is 164 Å². The van der Waals surface area contributed by atoms with Crippen LogP contribution in [0.4, 0.5) is 5.69 Å². The predicted octanol–water partition coefficient (Wildman–Crippen LogP) is 2.39. The molecule has 0 spiro atoms. The van der Waals surface area contributed by atoms with Crippen LogP contribution in [0.15, 0.2) is 64.0 Å². The molecule has 0 saturated carbocycles. The van der Waals surface area contributed by atoms with E-state index in [1.165, 1.54) is 49.1 Å². The van der Waals surface area contributed by atoms with Crippen LogP contribution in [0, 0.1) is 11.3 Å². The number of hydrogen-bond acceptors (Lipinski definition) is 6. The van der Waals surface area contributed by atoms with E-state index in [9.17, 15) is 14.7 Å². The fraction of sp³-hybridized carbons (Fsp3) is 0.105. The number of hydrogen-bond donors (Lipinski definition) is 3. The second-order valence-corrected chi connectivity index (χ2v) is 6.22. The molecule has 3 rings (SSSR count). The molecule has 0 aliphatic heterocycles. The van der Waals surface area contributed by atoms with E-state index >= 15 is 0 Å². The number of amides is 2. The predicted molar refractivity (Wildman–Crippen MR) is 98.2 cm³/mol. The van der Waals surface area contributed by atoms with Gasteiger partial charge in [-0.3, -0.25) is 9.59 Å². The van der Waals surface area contributed by atoms with Crippen LogP contribution < -0.4 is 10.6 Å². The highest BCUT2D eigenvalue weighted by Gasteiger charge is 2.36. The van der Waals surface area contributed by atoms with E-state index in [4.69, 9.17) is 25.7 Å². The van der Waals surface area contributed by atoms with Crippen molar-refractivity contribution in [3.63, 3.8) is 0 Å². The summed E-state index contributed by atoms with van der Waals surface area (Å²) in [5.41, 5.74) is -1.15. The molecule has 0 aliphatic rings. The quantitative estimate of drug-likeness (QED) is 0.565. The molecule has 1 aromatic carbocycles. The van der Waals surface area contributed by atoms with Crippen molar-refractivity contribution in [2.24, 2.45) is 0 Å². The van der Waals surface area contributed by atoms with Crippen LogP contribution in [-0.2, 0) is 15.2 Å². The van der Waals surface area contributed by atoms with Crippen molar-refractivity contribution < 1.29 is 23.5 Å². The topological polar surface area (TPSA) is 128 Å². The highest BCUT2D eigenvalue weighted by molar-refractivity contribution is 6.40. The Morgan fingerprint density at radius 2 is 2.04 bits per heavy atom. The SMILES string of the molecule is N#Cc1ccc(Cl)cc1NC(=O)C(=O)NC[C@](O)(c1ccoc1)c1ccco1. The van der Waals surface area contributed by atoms with Gasteiger partial charge in [0, 0.05) is 10.6 Å². The van der Waals surface area contributed by atoms with Crippen molar-refractivity contribution in [1.82, 2.24) is 5.32 Å². The minimum Gasteiger partial charge on any atom is -0.472 e. The molecule has 8 nitrogen and oxygen atoms in total. The molecular weight excluding hydrogens is 386 g/mol. The lowest BCUT2D eigenvalue weighted by Crippen LogP contribution is -2.45. The monoisotopic (exact) mass is 399 g/mol. The highest BCUT2D eigenvalue weighted by Crippen LogP contribution is 2.29. The Kier molecular flexibility index (Phi) is 5.49. The Bertz CT molecular complexity index is 988. The van der Waals surface area contributed by atoms with E-state index in [-0.39, 0.29) is 23.6 Å². The first kappa shape index (κ1) is 19.2. The first-order chi connectivity index (χ1) is 13.4. The third kappa shape index (κ3) is 3.91. The summed E-state index contributed by atoms with van der Waals surface area (Å²) in [5, 5.41) is 25.1. The van der Waals surface area contributed by atoms with Gasteiger partial charge in [0.1, 0.15) is 11.8 Å². The van der Waals surface area contributed by atoms with Crippen molar-refractivity contribution in [3.05, 3.63) is 77.1 Å². The van der Waals surface area contributed by atoms with Crippen molar-refractivity contribution in [2.45, 2.75) is 5.60 Å². The number of nitrogens with zero attached hydrogens (tertiary/aromatic N) is 1. The van der Waals surface area contributed by atoms with Crippen LogP contribution in [0.1, 0.15) is 16.9 Å². The van der Waals surface area contributed by atoms with Gasteiger partial charge in [0.15, 0.2) is 5.60 Å². The molecule has 0 radical (unpaired) electrons. The van der Waals surface area contributed by atoms with Crippen molar-refractivity contribution in [3.8, 4) is 6.07 Å². The number of benzene rings is 1. The zero-order chi connectivity index (χ0) is 20.1. The van der Waals surface area contributed by atoms with Crippen molar-refractivity contribution >= 4 is 29.1 Å². The molecule has 0 unspecified atom stereocenters. The molecule has 2 amide bonds. The summed E-state index contributed by atoms with van der Waals surface area (Å²) in [6, 6.07) is 10.8. The number of aliphatic hydroxyl groups is 1. The molecule has 0 saturated heterocycles. The number of furan rings is 2. The van der Waals surface area contributed by atoms with Crippen LogP contribution >= 0.6 is 11.6 Å². The molecule has 3 aromatic rings. The van der Waals surface area contributed by atoms with Crippen LogP contribution in [0.2, 0.25) is 5.02 Å². The summed E-state index contributed by atoms with van der Waals surface area (Å²) in [6.45, 7) is -0.354. The molecule has 28 heavy (non-hydrogen) atoms. The van der Waals surface area contributed by atoms with Crippen molar-refractivity contribution in [1.29, 1.82) is 5.26 Å². The maximum Gasteiger partial charge on any atom is 0.313 e. The van der Waals surface area contributed by atoms with Gasteiger partial charge in [0.25, 0.3) is 0 Å². The third-order valence-corrected chi connectivity index (χ3v) is 4.22. The number of carbonyl (C=O) groups is 2. The number of anilines is 1. The van der Waals surface area contributed by atoms with Gasteiger partial charge >= 0.3 is 11.8 Å². The lowest BCUT2D eigenvalue weighted by molar-refractivity contribution is -0.136. The van der Waals surface area contributed by atoms with E-state index in [0.717, 1.165) is 0 Å². The molecule has 0 aliphatic carbocycles. The average Bonchev–Trinajstić information content (AvgIpc) is 3.40. The minimum atomic E-state index is -1.74. The van der Waals surface area contributed by atoms with Gasteiger partial charge < -0.3 is 24.6 Å². The zero-order valence-corrected chi connectivity index (χ0v) is 15.1. The maximum atomic E-state index is 12.2. The molecule has 0 fully saturated rings. The minimum absolute atomic E-state index is 0.103. The fourth-order valence-corrected chi connectivity index (χ4v) is 2.70. The molecule has 3 N–H and O–H groups in total. The van der Waals surface area contributed by atoms with Gasteiger partial charge in [-0.2, -0.15) is 5.26 Å². The van der Waals surface area contributed by atoms with Crippen LogP contribution in [0.3, 0.4) is 0 Å². The summed E-state index contributed by atoms with van der Waals surface area (Å²) in [7, 11) is 0. The standard InChI is InChI=1S/C19H14ClN3O5/c20-14-4-3-12(9-21)15(8-14)23-18(25)17(24)22-11-19(26,13-5-7-27-10-13)16-2-1-6-28-16/h1-8,10,26H,11H2,(H,22,24)(H,23,25)/t19-/m0/s1. The summed E-state index contributed by atoms with van der Waals surface area (Å²) in [6.07, 6.45) is 4.04. The fourth-order valence-electron chi connectivity index (χ4n) is 2.53. The molecule has 142 valence electrons. The molecule has 0 bridgehead atoms. The summed E-state index contributed by atoms with van der Waals surface area (Å²) in [5.74, 6) is -1.87. The third-order valence-electron chi connectivity index (χ3n) is 3.99. The summed E-state index contributed by atoms with van der Waals surface area (Å²) in [4.78, 5) is 24.4. The lowest BCUT2D eigenvalue weighted by Gasteiger charge is -2.25. The van der Waals surface area contributed by atoms with Crippen LogP contribution in [-0.4, -0.2) is 23.5 Å². The van der Waals surface area contributed by atoms with Crippen molar-refractivity contribution in [2.75, 3.05) is 11.9 Å². The number of carbonyl (C=O) groups excluding carboxylic acids is 2. The van der Waals surface area contributed by atoms with Gasteiger partial charge in [-0.25, -0.2) is 0 Å². The van der Waals surface area contributed by atoms with E-state index in [2.05, 4.69) is 10.6 Å². The average molecular weight is 400 g/mol. The number of halogens is 1. The largest absolute Gasteiger partial charge is 0.472 e. The molecular formula is C19H14ClN3O5. The second-order valence-electron chi connectivity index (χ2n) is 5.79. The van der Waals surface area contributed by atoms with E-state index < -0.39 is 17.4 Å². The van der Waals surface area contributed by atoms with Gasteiger partial charge in [-0.1, -0.05) is 11.6 Å². The first-order valence-electron chi connectivity index (χ1n) is 8.02. The van der Waals surface area contributed by atoms with Gasteiger partial charge in [-0.05, 0) is 36.4 Å². The Balaban J connectivity index is 1.73. The molecule has 1 atom stereocenters. The van der Waals surface area contributed by atoms with E-state index in [1.54, 1.807) is 6.07 Å². The summed E-state index contributed by atoms with van der Waals surface area (Å²) >= 11 is 5.86. The number of nitriles is 1. The first-order valence-corrected chi connectivity index (χ1v) is 8.39. The van der Waals surface area contributed by atoms with Crippen LogP contribution in [0.5, 0.6) is 0 Å². The normalized spacial score (nSPS) is 12.6. The van der Waals surface area contributed by atoms with E-state index in [0.29, 0.717) is 10.6 Å². The number of nitrogens with one attached hydrogen (secondary N) is 2. The Hall–Kier alpha value is -3.54. The van der Waals surface area contributed by atoms with Gasteiger partial charge in [-0.15, -0.1) is 0 Å². The zero-order valence-electron chi connectivity index (χ0n) is 14.3. The van der Waals surface area contributed by atoms with E-state index in [1.807, 2.05) is 6.07 Å². The van der Waals surface area contributed by atoms with Gasteiger partial charge in [0.05, 0.1) is 36.6 Å². The lowest BCUT2D eigenvalue weighted by atomic mass is 9.93. The maximum absolute atomic E-state index is 12.2. The Morgan fingerprint density at radius 3 is 2.68 bits per heavy atom. The summed E-state index contributed by atoms with van der Waals surface area (Å²) < 4.78 is 10.3. The second kappa shape index (κ2) is 8.00. The smallest absolute Gasteiger partial charge is 0.313 e. The number of rotatable bonds is 5. The molecule has 2 heterocycles. The Morgan fingerprint density at radius 1 is 1.21 bits per heavy atom. The van der Waals surface area contributed by atoms with Crippen LogP contribution in [0.25, 0.3) is 0 Å². The molecule has 2 aromatic heterocycles. The van der Waals surface area contributed by atoms with Gasteiger partial charge in [0.2, 0.25) is 0 Å². The highest BCUT2D eigenvalue weighted by atomic mass is 35.5. The molecule has 9 heteroatoms.